The molecule has 9 heteroatoms. The smallest absolute Gasteiger partial charge is 0.336 e. The highest BCUT2D eigenvalue weighted by molar-refractivity contribution is 5.92. The van der Waals surface area contributed by atoms with Crippen molar-refractivity contribution in [1.29, 1.82) is 0 Å². The molecule has 0 spiro atoms. The number of benzene rings is 1. The van der Waals surface area contributed by atoms with E-state index in [0.717, 1.165) is 12.8 Å². The lowest BCUT2D eigenvalue weighted by molar-refractivity contribution is -0.126. The molecule has 0 aliphatic carbocycles. The maximum atomic E-state index is 12.3. The Morgan fingerprint density at radius 3 is 2.70 bits per heavy atom. The minimum atomic E-state index is -0.577. The van der Waals surface area contributed by atoms with E-state index >= 15 is 0 Å². The number of piperidine rings is 1. The van der Waals surface area contributed by atoms with Crippen molar-refractivity contribution in [2.45, 2.75) is 26.4 Å². The van der Waals surface area contributed by atoms with Crippen LogP contribution in [-0.4, -0.2) is 42.4 Å². The number of likely N-dealkylation sites (tertiary alicyclic amines) is 1. The fraction of sp³-hybridized carbons (Fsp3) is 0.381. The molecule has 2 heterocycles. The highest BCUT2D eigenvalue weighted by Crippen LogP contribution is 2.17. The molecular formula is C21H26N4O5. The van der Waals surface area contributed by atoms with Crippen LogP contribution in [0.15, 0.2) is 46.9 Å². The summed E-state index contributed by atoms with van der Waals surface area (Å²) in [4.78, 5) is 38.1. The number of carbonyl (C=O) groups is 3. The summed E-state index contributed by atoms with van der Waals surface area (Å²) in [5.41, 5.74) is 4.71. The van der Waals surface area contributed by atoms with Crippen molar-refractivity contribution in [1.82, 2.24) is 21.1 Å². The number of carbonyl (C=O) groups excluding carboxylic acids is 3. The second-order valence-electron chi connectivity index (χ2n) is 6.93. The van der Waals surface area contributed by atoms with Crippen molar-refractivity contribution in [3.63, 3.8) is 0 Å². The number of amides is 4. The molecule has 30 heavy (non-hydrogen) atoms. The van der Waals surface area contributed by atoms with E-state index < -0.39 is 11.9 Å². The molecule has 1 aromatic carbocycles. The van der Waals surface area contributed by atoms with Gasteiger partial charge in [0.2, 0.25) is 5.91 Å². The highest BCUT2D eigenvalue weighted by atomic mass is 16.5. The van der Waals surface area contributed by atoms with Gasteiger partial charge in [-0.05, 0) is 44.0 Å². The second-order valence-corrected chi connectivity index (χ2v) is 6.93. The van der Waals surface area contributed by atoms with Crippen LogP contribution >= 0.6 is 0 Å². The van der Waals surface area contributed by atoms with Gasteiger partial charge in [0.05, 0.1) is 5.92 Å². The summed E-state index contributed by atoms with van der Waals surface area (Å²) in [6.45, 7) is 3.43. The number of urea groups is 1. The quantitative estimate of drug-likeness (QED) is 0.627. The molecule has 1 atom stereocenters. The van der Waals surface area contributed by atoms with E-state index in [1.54, 1.807) is 6.07 Å². The molecule has 1 saturated heterocycles. The van der Waals surface area contributed by atoms with Crippen molar-refractivity contribution < 1.29 is 23.5 Å². The van der Waals surface area contributed by atoms with Crippen LogP contribution < -0.4 is 20.9 Å². The van der Waals surface area contributed by atoms with Gasteiger partial charge >= 0.3 is 11.9 Å². The topological polar surface area (TPSA) is 113 Å². The molecule has 4 amide bonds. The van der Waals surface area contributed by atoms with Crippen molar-refractivity contribution in [2.24, 2.45) is 5.92 Å². The van der Waals surface area contributed by atoms with Gasteiger partial charge in [-0.15, -0.1) is 0 Å². The lowest BCUT2D eigenvalue weighted by atomic mass is 9.97. The number of para-hydroxylation sites is 1. The molecule has 3 rings (SSSR count). The van der Waals surface area contributed by atoms with Gasteiger partial charge in [-0.3, -0.25) is 15.0 Å². The first-order valence-electron chi connectivity index (χ1n) is 9.96. The third-order valence-corrected chi connectivity index (χ3v) is 4.72. The summed E-state index contributed by atoms with van der Waals surface area (Å²) in [6, 6.07) is 11.9. The van der Waals surface area contributed by atoms with Gasteiger partial charge in [0.1, 0.15) is 18.1 Å². The van der Waals surface area contributed by atoms with Gasteiger partial charge in [-0.25, -0.2) is 10.2 Å². The van der Waals surface area contributed by atoms with Crippen LogP contribution in [0.2, 0.25) is 0 Å². The van der Waals surface area contributed by atoms with Gasteiger partial charge in [0.25, 0.3) is 0 Å². The average Bonchev–Trinajstić information content (AvgIpc) is 3.26. The normalized spacial score (nSPS) is 15.9. The summed E-state index contributed by atoms with van der Waals surface area (Å²) in [6.07, 6.45) is 1.47. The van der Waals surface area contributed by atoms with Crippen LogP contribution in [0.3, 0.4) is 0 Å². The van der Waals surface area contributed by atoms with E-state index in [0.29, 0.717) is 31.1 Å². The summed E-state index contributed by atoms with van der Waals surface area (Å²) >= 11 is 0. The summed E-state index contributed by atoms with van der Waals surface area (Å²) in [5, 5.41) is 2.78. The van der Waals surface area contributed by atoms with Crippen LogP contribution in [0.25, 0.3) is 0 Å². The molecule has 9 nitrogen and oxygen atoms in total. The molecule has 1 unspecified atom stereocenters. The van der Waals surface area contributed by atoms with Gasteiger partial charge in [0, 0.05) is 19.6 Å². The van der Waals surface area contributed by atoms with Crippen molar-refractivity contribution in [3.05, 3.63) is 54.0 Å². The van der Waals surface area contributed by atoms with Crippen LogP contribution in [-0.2, 0) is 11.4 Å². The monoisotopic (exact) mass is 414 g/mol. The molecular weight excluding hydrogens is 388 g/mol. The number of ether oxygens (including phenoxy) is 1. The van der Waals surface area contributed by atoms with Crippen LogP contribution in [0, 0.1) is 5.92 Å². The van der Waals surface area contributed by atoms with Crippen molar-refractivity contribution in [2.75, 3.05) is 19.6 Å². The zero-order valence-electron chi connectivity index (χ0n) is 16.8. The molecule has 1 aliphatic rings. The summed E-state index contributed by atoms with van der Waals surface area (Å²) < 4.78 is 11.0. The molecule has 1 aromatic heterocycles. The van der Waals surface area contributed by atoms with Crippen LogP contribution in [0.1, 0.15) is 36.1 Å². The van der Waals surface area contributed by atoms with E-state index in [9.17, 15) is 14.4 Å². The lowest BCUT2D eigenvalue weighted by Gasteiger charge is -2.31. The first-order chi connectivity index (χ1) is 14.6. The molecule has 1 aliphatic heterocycles. The number of nitrogens with one attached hydrogen (secondary N) is 3. The highest BCUT2D eigenvalue weighted by Gasteiger charge is 2.28. The standard InChI is InChI=1S/C21H26N4O5/c1-2-22-19(26)15-7-6-12-25(13-15)21(28)24-23-20(27)18-11-10-17(30-18)14-29-16-8-4-3-5-9-16/h3-5,8-11,15H,2,6-7,12-14H2,1H3,(H,22,26)(H,23,27)(H,24,28). The van der Waals surface area contributed by atoms with Crippen molar-refractivity contribution in [3.8, 4) is 5.75 Å². The van der Waals surface area contributed by atoms with E-state index in [4.69, 9.17) is 9.15 Å². The Labute approximate surface area is 174 Å². The predicted octanol–water partition coefficient (Wildman–Crippen LogP) is 2.06. The Hall–Kier alpha value is -3.49. The van der Waals surface area contributed by atoms with E-state index in [1.165, 1.54) is 11.0 Å². The molecule has 0 bridgehead atoms. The number of hydrogen-bond donors (Lipinski definition) is 3. The lowest BCUT2D eigenvalue weighted by Crippen LogP contribution is -2.53. The number of rotatable bonds is 6. The van der Waals surface area contributed by atoms with Crippen LogP contribution in [0.5, 0.6) is 5.75 Å². The summed E-state index contributed by atoms with van der Waals surface area (Å²) in [7, 11) is 0. The first kappa shape index (κ1) is 21.2. The minimum absolute atomic E-state index is 0.0557. The molecule has 2 aromatic rings. The molecule has 0 radical (unpaired) electrons. The Kier molecular flexibility index (Phi) is 7.31. The fourth-order valence-electron chi connectivity index (χ4n) is 3.19. The predicted molar refractivity (Wildman–Crippen MR) is 108 cm³/mol. The van der Waals surface area contributed by atoms with E-state index in [1.807, 2.05) is 37.3 Å². The number of furan rings is 1. The van der Waals surface area contributed by atoms with Gasteiger partial charge in [-0.1, -0.05) is 18.2 Å². The van der Waals surface area contributed by atoms with Crippen LogP contribution in [0.4, 0.5) is 4.79 Å². The van der Waals surface area contributed by atoms with Crippen molar-refractivity contribution >= 4 is 17.8 Å². The number of hydrazine groups is 1. The SMILES string of the molecule is CCNC(=O)C1CCCN(C(=O)NNC(=O)c2ccc(COc3ccccc3)o2)C1. The average molecular weight is 414 g/mol. The third kappa shape index (κ3) is 5.76. The maximum absolute atomic E-state index is 12.3. The Balaban J connectivity index is 1.45. The molecule has 1 fully saturated rings. The largest absolute Gasteiger partial charge is 0.486 e. The third-order valence-electron chi connectivity index (χ3n) is 4.72. The number of hydrogen-bond acceptors (Lipinski definition) is 5. The Morgan fingerprint density at radius 1 is 1.13 bits per heavy atom. The molecule has 3 N–H and O–H groups in total. The minimum Gasteiger partial charge on any atom is -0.486 e. The van der Waals surface area contributed by atoms with E-state index in [-0.39, 0.29) is 24.2 Å². The Bertz CT molecular complexity index is 867. The van der Waals surface area contributed by atoms with Gasteiger partial charge < -0.3 is 19.4 Å². The first-order valence-corrected chi connectivity index (χ1v) is 9.96. The summed E-state index contributed by atoms with van der Waals surface area (Å²) in [5.74, 6) is 0.362. The molecule has 0 saturated carbocycles. The number of nitrogens with zero attached hydrogens (tertiary/aromatic N) is 1. The van der Waals surface area contributed by atoms with Gasteiger partial charge in [-0.2, -0.15) is 0 Å². The second kappa shape index (κ2) is 10.3. The maximum Gasteiger partial charge on any atom is 0.336 e. The molecule has 160 valence electrons. The zero-order valence-corrected chi connectivity index (χ0v) is 16.8. The fourth-order valence-corrected chi connectivity index (χ4v) is 3.19. The van der Waals surface area contributed by atoms with Gasteiger partial charge in [0.15, 0.2) is 5.76 Å². The zero-order chi connectivity index (χ0) is 21.3. The van der Waals surface area contributed by atoms with E-state index in [2.05, 4.69) is 16.2 Å². The Morgan fingerprint density at radius 2 is 1.93 bits per heavy atom.